The van der Waals surface area contributed by atoms with E-state index in [1.54, 1.807) is 13.8 Å². The van der Waals surface area contributed by atoms with Crippen molar-refractivity contribution in [1.29, 1.82) is 0 Å². The molecule has 1 saturated heterocycles. The lowest BCUT2D eigenvalue weighted by Crippen LogP contribution is -2.38. The lowest BCUT2D eigenvalue weighted by Gasteiger charge is -2.22. The summed E-state index contributed by atoms with van der Waals surface area (Å²) in [6.45, 7) is 3.58. The molecule has 0 aromatic heterocycles. The standard InChI is InChI=1S/C21H25N3O5S/c1-15(2)24-20(25)13-23(21(24)26)18-11-10-17(30(27,28)22(3)4)12-19(18)29-14-16-8-6-5-7-9-16/h5-12,15H,13-14H2,1-4H3. The van der Waals surface area contributed by atoms with Crippen molar-refractivity contribution in [3.8, 4) is 5.75 Å². The van der Waals surface area contributed by atoms with E-state index in [2.05, 4.69) is 0 Å². The zero-order chi connectivity index (χ0) is 22.1. The molecule has 0 N–H and O–H groups in total. The molecule has 3 amide bonds. The topological polar surface area (TPSA) is 87.2 Å². The average molecular weight is 432 g/mol. The number of benzene rings is 2. The van der Waals surface area contributed by atoms with E-state index in [-0.39, 0.29) is 35.7 Å². The first-order chi connectivity index (χ1) is 14.1. The second-order valence-corrected chi connectivity index (χ2v) is 9.57. The Morgan fingerprint density at radius 2 is 1.73 bits per heavy atom. The largest absolute Gasteiger partial charge is 0.487 e. The van der Waals surface area contributed by atoms with Crippen LogP contribution >= 0.6 is 0 Å². The van der Waals surface area contributed by atoms with Crippen molar-refractivity contribution in [2.45, 2.75) is 31.4 Å². The number of anilines is 1. The number of carbonyl (C=O) groups excluding carboxylic acids is 2. The molecule has 160 valence electrons. The zero-order valence-electron chi connectivity index (χ0n) is 17.4. The number of imide groups is 1. The van der Waals surface area contributed by atoms with Crippen LogP contribution in [-0.2, 0) is 21.4 Å². The van der Waals surface area contributed by atoms with E-state index in [9.17, 15) is 18.0 Å². The van der Waals surface area contributed by atoms with Gasteiger partial charge in [-0.2, -0.15) is 0 Å². The highest BCUT2D eigenvalue weighted by Gasteiger charge is 2.39. The number of sulfonamides is 1. The molecule has 0 bridgehead atoms. The fourth-order valence-corrected chi connectivity index (χ4v) is 4.07. The predicted molar refractivity (Wildman–Crippen MR) is 113 cm³/mol. The van der Waals surface area contributed by atoms with Crippen LogP contribution in [0.15, 0.2) is 53.4 Å². The Morgan fingerprint density at radius 1 is 1.07 bits per heavy atom. The first-order valence-corrected chi connectivity index (χ1v) is 10.9. The Bertz CT molecular complexity index is 1050. The molecule has 1 aliphatic rings. The third-order valence-corrected chi connectivity index (χ3v) is 6.56. The fraction of sp³-hybridized carbons (Fsp3) is 0.333. The van der Waals surface area contributed by atoms with E-state index >= 15 is 0 Å². The number of urea groups is 1. The molecule has 3 rings (SSSR count). The second-order valence-electron chi connectivity index (χ2n) is 7.42. The van der Waals surface area contributed by atoms with E-state index in [4.69, 9.17) is 4.74 Å². The van der Waals surface area contributed by atoms with Crippen LogP contribution in [0, 0.1) is 0 Å². The lowest BCUT2D eigenvalue weighted by atomic mass is 10.2. The molecule has 0 saturated carbocycles. The van der Waals surface area contributed by atoms with Crippen molar-refractivity contribution < 1.29 is 22.7 Å². The van der Waals surface area contributed by atoms with Gasteiger partial charge in [-0.1, -0.05) is 30.3 Å². The fourth-order valence-electron chi connectivity index (χ4n) is 3.15. The molecule has 2 aromatic rings. The number of hydrogen-bond acceptors (Lipinski definition) is 5. The van der Waals surface area contributed by atoms with Gasteiger partial charge in [0.25, 0.3) is 5.91 Å². The maximum Gasteiger partial charge on any atom is 0.332 e. The Kier molecular flexibility index (Phi) is 6.14. The summed E-state index contributed by atoms with van der Waals surface area (Å²) in [4.78, 5) is 27.7. The van der Waals surface area contributed by atoms with Crippen LogP contribution in [0.2, 0.25) is 0 Å². The minimum atomic E-state index is -3.70. The Hall–Kier alpha value is -2.91. The van der Waals surface area contributed by atoms with E-state index in [1.807, 2.05) is 30.3 Å². The van der Waals surface area contributed by atoms with Crippen LogP contribution in [-0.4, -0.2) is 56.2 Å². The highest BCUT2D eigenvalue weighted by atomic mass is 32.2. The lowest BCUT2D eigenvalue weighted by molar-refractivity contribution is -0.125. The summed E-state index contributed by atoms with van der Waals surface area (Å²) in [6, 6.07) is 13.0. The van der Waals surface area contributed by atoms with Crippen LogP contribution in [0.25, 0.3) is 0 Å². The third-order valence-electron chi connectivity index (χ3n) is 4.75. The Balaban J connectivity index is 2.01. The van der Waals surface area contributed by atoms with Gasteiger partial charge in [-0.3, -0.25) is 14.6 Å². The molecule has 2 aromatic carbocycles. The van der Waals surface area contributed by atoms with Gasteiger partial charge in [0.1, 0.15) is 18.9 Å². The summed E-state index contributed by atoms with van der Waals surface area (Å²) >= 11 is 0. The van der Waals surface area contributed by atoms with Gasteiger partial charge in [0.2, 0.25) is 10.0 Å². The highest BCUT2D eigenvalue weighted by molar-refractivity contribution is 7.89. The summed E-state index contributed by atoms with van der Waals surface area (Å²) < 4.78 is 32.2. The van der Waals surface area contributed by atoms with Gasteiger partial charge in [-0.25, -0.2) is 17.5 Å². The van der Waals surface area contributed by atoms with Crippen LogP contribution in [0.1, 0.15) is 19.4 Å². The van der Waals surface area contributed by atoms with Crippen molar-refractivity contribution in [2.75, 3.05) is 25.5 Å². The van der Waals surface area contributed by atoms with E-state index < -0.39 is 16.1 Å². The summed E-state index contributed by atoms with van der Waals surface area (Å²) in [7, 11) is -0.816. The summed E-state index contributed by atoms with van der Waals surface area (Å²) in [5.41, 5.74) is 1.24. The minimum Gasteiger partial charge on any atom is -0.487 e. The van der Waals surface area contributed by atoms with Crippen molar-refractivity contribution >= 4 is 27.6 Å². The Labute approximate surface area is 176 Å². The van der Waals surface area contributed by atoms with Crippen LogP contribution in [0.4, 0.5) is 10.5 Å². The second kappa shape index (κ2) is 8.45. The molecule has 0 aliphatic carbocycles. The van der Waals surface area contributed by atoms with Gasteiger partial charge < -0.3 is 4.74 Å². The molecule has 0 unspecified atom stereocenters. The summed E-state index contributed by atoms with van der Waals surface area (Å²) in [5, 5.41) is 0. The quantitative estimate of drug-likeness (QED) is 0.629. The molecule has 1 heterocycles. The van der Waals surface area contributed by atoms with Gasteiger partial charge in [-0.05, 0) is 31.5 Å². The van der Waals surface area contributed by atoms with Crippen molar-refractivity contribution in [3.05, 3.63) is 54.1 Å². The molecular weight excluding hydrogens is 406 g/mol. The first-order valence-electron chi connectivity index (χ1n) is 9.49. The van der Waals surface area contributed by atoms with E-state index in [0.717, 1.165) is 9.87 Å². The molecule has 1 aliphatic heterocycles. The van der Waals surface area contributed by atoms with E-state index in [1.165, 1.54) is 42.1 Å². The third kappa shape index (κ3) is 4.17. The number of hydrogen-bond donors (Lipinski definition) is 0. The molecular formula is C21H25N3O5S. The number of nitrogens with zero attached hydrogens (tertiary/aromatic N) is 3. The number of carbonyl (C=O) groups is 2. The van der Waals surface area contributed by atoms with Gasteiger partial charge in [0.15, 0.2) is 0 Å². The molecule has 1 fully saturated rings. The molecule has 0 radical (unpaired) electrons. The van der Waals surface area contributed by atoms with Crippen molar-refractivity contribution in [3.63, 3.8) is 0 Å². The number of ether oxygens (including phenoxy) is 1. The van der Waals surface area contributed by atoms with E-state index in [0.29, 0.717) is 5.69 Å². The van der Waals surface area contributed by atoms with Crippen molar-refractivity contribution in [1.82, 2.24) is 9.21 Å². The number of rotatable bonds is 7. The molecule has 0 atom stereocenters. The maximum absolute atomic E-state index is 12.8. The van der Waals surface area contributed by atoms with Gasteiger partial charge in [0.05, 0.1) is 10.6 Å². The first kappa shape index (κ1) is 21.8. The molecule has 30 heavy (non-hydrogen) atoms. The molecule has 9 heteroatoms. The normalized spacial score (nSPS) is 14.9. The summed E-state index contributed by atoms with van der Waals surface area (Å²) in [5.74, 6) is -0.0949. The molecule has 0 spiro atoms. The molecule has 8 nitrogen and oxygen atoms in total. The highest BCUT2D eigenvalue weighted by Crippen LogP contribution is 2.35. The van der Waals surface area contributed by atoms with Crippen LogP contribution in [0.5, 0.6) is 5.75 Å². The maximum atomic E-state index is 12.8. The van der Waals surface area contributed by atoms with Gasteiger partial charge in [0, 0.05) is 26.2 Å². The summed E-state index contributed by atoms with van der Waals surface area (Å²) in [6.07, 6.45) is 0. The SMILES string of the molecule is CC(C)N1C(=O)CN(c2ccc(S(=O)(=O)N(C)C)cc2OCc2ccccc2)C1=O. The van der Waals surface area contributed by atoms with Crippen molar-refractivity contribution in [2.24, 2.45) is 0 Å². The van der Waals surface area contributed by atoms with Gasteiger partial charge in [-0.15, -0.1) is 0 Å². The average Bonchev–Trinajstić information content (AvgIpc) is 3.00. The minimum absolute atomic E-state index is 0.0398. The van der Waals surface area contributed by atoms with Crippen LogP contribution in [0.3, 0.4) is 0 Å². The Morgan fingerprint density at radius 3 is 2.30 bits per heavy atom. The number of amides is 3. The monoisotopic (exact) mass is 431 g/mol. The van der Waals surface area contributed by atoms with Crippen LogP contribution < -0.4 is 9.64 Å². The smallest absolute Gasteiger partial charge is 0.332 e. The van der Waals surface area contributed by atoms with Gasteiger partial charge >= 0.3 is 6.03 Å². The zero-order valence-corrected chi connectivity index (χ0v) is 18.2. The predicted octanol–water partition coefficient (Wildman–Crippen LogP) is 2.69.